The van der Waals surface area contributed by atoms with E-state index in [4.69, 9.17) is 35.0 Å². The summed E-state index contributed by atoms with van der Waals surface area (Å²) in [7, 11) is 1.00. The van der Waals surface area contributed by atoms with Crippen LogP contribution < -0.4 is 51.9 Å². The second kappa shape index (κ2) is 24.9. The average molecular weight is 1100 g/mol. The Bertz CT molecular complexity index is 3440. The number of hydrogen-bond acceptors (Lipinski definition) is 18. The highest BCUT2D eigenvalue weighted by Crippen LogP contribution is 2.31. The first-order valence-electron chi connectivity index (χ1n) is 26.7. The van der Waals surface area contributed by atoms with E-state index in [2.05, 4.69) is 76.1 Å². The Labute approximate surface area is 467 Å². The number of morpholine rings is 2. The molecule has 5 amide bonds. The Balaban J connectivity index is 0.000000179. The SMILES string of the molecule is CC(C)(C)OC(=O)NC1CN(c2ccnc(NC(=O)Nc3ccc(-c4nc5c(N6CCOCC6)nccc5[nH]4)cc3)c2)C1.CO.NC1CN(c2ccnc(NC(=O)Nc3ccc(-c4nc5c(N6CCOCC6)nccc5[nH]4)cc3)c2)C1. The third-order valence-corrected chi connectivity index (χ3v) is 13.4. The number of alkyl carbamates (subject to hydrolysis) is 1. The Morgan fingerprint density at radius 3 is 1.42 bits per heavy atom. The lowest BCUT2D eigenvalue weighted by Crippen LogP contribution is -2.60. The van der Waals surface area contributed by atoms with Crippen molar-refractivity contribution in [1.82, 2.24) is 45.2 Å². The Morgan fingerprint density at radius 2 is 1.00 bits per heavy atom. The molecule has 25 heteroatoms. The van der Waals surface area contributed by atoms with Crippen LogP contribution in [0.4, 0.5) is 60.4 Å². The molecule has 0 unspecified atom stereocenters. The van der Waals surface area contributed by atoms with Crippen LogP contribution in [-0.4, -0.2) is 167 Å². The van der Waals surface area contributed by atoms with Gasteiger partial charge in [0.25, 0.3) is 0 Å². The van der Waals surface area contributed by atoms with E-state index in [0.29, 0.717) is 62.5 Å². The molecule has 4 aliphatic heterocycles. The molecule has 6 aromatic heterocycles. The van der Waals surface area contributed by atoms with Crippen molar-refractivity contribution in [3.05, 3.63) is 110 Å². The zero-order valence-electron chi connectivity index (χ0n) is 45.5. The number of nitrogens with zero attached hydrogens (tertiary/aromatic N) is 10. The minimum Gasteiger partial charge on any atom is -0.444 e. The molecule has 4 aliphatic rings. The van der Waals surface area contributed by atoms with Gasteiger partial charge in [0.1, 0.15) is 39.9 Å². The summed E-state index contributed by atoms with van der Waals surface area (Å²) in [6, 6.07) is 25.7. The third-order valence-electron chi connectivity index (χ3n) is 13.4. The number of rotatable bonds is 11. The quantitative estimate of drug-likeness (QED) is 0.0670. The Morgan fingerprint density at radius 1 is 0.580 bits per heavy atom. The minimum absolute atomic E-state index is 0.00579. The summed E-state index contributed by atoms with van der Waals surface area (Å²) >= 11 is 0. The van der Waals surface area contributed by atoms with Gasteiger partial charge < -0.3 is 70.6 Å². The largest absolute Gasteiger partial charge is 0.444 e. The standard InChI is InChI=1S/C30H35N9O4.C25H27N9O2.CH4O/c1-30(2,3)43-29(41)34-21-17-39(18-21)22-8-10-31-24(16-22)36-28(40)33-20-6-4-19(5-7-20)26-35-23-9-11-32-27(25(23)37-26)38-12-14-42-15-13-38;26-17-14-34(15-17)19-5-7-27-21(13-19)31-25(35)29-18-3-1-16(2-4-18)23-30-20-6-8-28-24(22(20)32-23)33-9-11-36-12-10-33;1-2/h4-11,16,21H,12-15,17-18H2,1-3H3,(H,34,41)(H,35,37)(H2,31,33,36,40);1-8,13,17H,9-12,14-15,26H2,(H,30,32)(H2,27,29,31,35);2H,1H3. The van der Waals surface area contributed by atoms with Crippen LogP contribution in [0.3, 0.4) is 0 Å². The lowest BCUT2D eigenvalue weighted by Gasteiger charge is -2.41. The highest BCUT2D eigenvalue weighted by Gasteiger charge is 2.31. The maximum Gasteiger partial charge on any atom is 0.407 e. The first-order valence-corrected chi connectivity index (χ1v) is 26.7. The number of pyridine rings is 4. The monoisotopic (exact) mass is 1100 g/mol. The van der Waals surface area contributed by atoms with Crippen molar-refractivity contribution in [3.8, 4) is 22.8 Å². The van der Waals surface area contributed by atoms with E-state index in [1.807, 2.05) is 99.6 Å². The summed E-state index contributed by atoms with van der Waals surface area (Å²) in [6.45, 7) is 14.2. The molecule has 2 aromatic carbocycles. The number of nitrogens with one attached hydrogen (secondary N) is 7. The molecule has 81 heavy (non-hydrogen) atoms. The van der Waals surface area contributed by atoms with Gasteiger partial charge >= 0.3 is 18.2 Å². The van der Waals surface area contributed by atoms with Gasteiger partial charge in [0.2, 0.25) is 0 Å². The van der Waals surface area contributed by atoms with Crippen LogP contribution in [0.25, 0.3) is 44.8 Å². The first kappa shape index (κ1) is 55.2. The average Bonchev–Trinajstić information content (AvgIpc) is 4.13. The van der Waals surface area contributed by atoms with E-state index in [1.165, 1.54) is 0 Å². The van der Waals surface area contributed by atoms with E-state index in [0.717, 1.165) is 114 Å². The number of benzene rings is 2. The first-order chi connectivity index (χ1) is 39.3. The molecule has 422 valence electrons. The molecule has 10 heterocycles. The van der Waals surface area contributed by atoms with Crippen LogP contribution >= 0.6 is 0 Å². The van der Waals surface area contributed by atoms with Gasteiger partial charge in [-0.1, -0.05) is 0 Å². The fourth-order valence-electron chi connectivity index (χ4n) is 9.46. The fraction of sp³-hybridized carbons (Fsp3) is 0.339. The zero-order chi connectivity index (χ0) is 56.5. The summed E-state index contributed by atoms with van der Waals surface area (Å²) in [6.07, 6.45) is 6.48. The molecule has 12 rings (SSSR count). The van der Waals surface area contributed by atoms with Crippen LogP contribution in [0, 0.1) is 0 Å². The third kappa shape index (κ3) is 13.8. The molecule has 10 N–H and O–H groups in total. The topological polar surface area (TPSA) is 307 Å². The summed E-state index contributed by atoms with van der Waals surface area (Å²) in [4.78, 5) is 79.9. The van der Waals surface area contributed by atoms with Crippen LogP contribution in [0.15, 0.2) is 110 Å². The van der Waals surface area contributed by atoms with E-state index >= 15 is 0 Å². The maximum absolute atomic E-state index is 12.7. The number of aromatic amines is 2. The normalized spacial score (nSPS) is 15.5. The number of carbonyl (C=O) groups excluding carboxylic acids is 3. The van der Waals surface area contributed by atoms with Gasteiger partial charge in [0, 0.05) is 136 Å². The number of fused-ring (bicyclic) bond motifs is 2. The van der Waals surface area contributed by atoms with Gasteiger partial charge in [-0.2, -0.15) is 0 Å². The highest BCUT2D eigenvalue weighted by atomic mass is 16.6. The molecule has 0 bridgehead atoms. The van der Waals surface area contributed by atoms with Crippen molar-refractivity contribution in [3.63, 3.8) is 0 Å². The van der Waals surface area contributed by atoms with Crippen LogP contribution in [0.5, 0.6) is 0 Å². The molecule has 0 saturated carbocycles. The van der Waals surface area contributed by atoms with Gasteiger partial charge in [0.15, 0.2) is 11.6 Å². The number of nitrogens with two attached hydrogens (primary N) is 1. The summed E-state index contributed by atoms with van der Waals surface area (Å²) in [5.74, 6) is 4.08. The highest BCUT2D eigenvalue weighted by molar-refractivity contribution is 6.00. The van der Waals surface area contributed by atoms with Gasteiger partial charge in [-0.25, -0.2) is 44.3 Å². The smallest absolute Gasteiger partial charge is 0.407 e. The van der Waals surface area contributed by atoms with Crippen molar-refractivity contribution in [2.45, 2.75) is 38.5 Å². The molecular formula is C56H66N18O7. The number of hydrogen-bond donors (Lipinski definition) is 9. The van der Waals surface area contributed by atoms with E-state index in [9.17, 15) is 14.4 Å². The van der Waals surface area contributed by atoms with Crippen molar-refractivity contribution in [1.29, 1.82) is 0 Å². The number of aliphatic hydroxyl groups excluding tert-OH is 1. The Kier molecular flexibility index (Phi) is 16.9. The number of H-pyrrole nitrogens is 2. The van der Waals surface area contributed by atoms with Crippen molar-refractivity contribution in [2.75, 3.05) is 127 Å². The molecule has 0 aliphatic carbocycles. The molecule has 0 radical (unpaired) electrons. The van der Waals surface area contributed by atoms with Crippen molar-refractivity contribution in [2.24, 2.45) is 5.73 Å². The molecule has 0 spiro atoms. The van der Waals surface area contributed by atoms with Crippen LogP contribution in [0.1, 0.15) is 20.8 Å². The number of ether oxygens (including phenoxy) is 3. The molecular weight excluding hydrogens is 1040 g/mol. The number of aromatic nitrogens is 8. The van der Waals surface area contributed by atoms with Crippen LogP contribution in [0.2, 0.25) is 0 Å². The molecule has 4 saturated heterocycles. The second-order valence-electron chi connectivity index (χ2n) is 20.5. The fourth-order valence-corrected chi connectivity index (χ4v) is 9.46. The zero-order valence-corrected chi connectivity index (χ0v) is 45.5. The molecule has 0 atom stereocenters. The maximum atomic E-state index is 12.7. The lowest BCUT2D eigenvalue weighted by atomic mass is 10.1. The summed E-state index contributed by atoms with van der Waals surface area (Å²) in [5.41, 5.74) is 13.8. The molecule has 8 aromatic rings. The second-order valence-corrected chi connectivity index (χ2v) is 20.5. The van der Waals surface area contributed by atoms with E-state index < -0.39 is 17.7 Å². The predicted octanol–water partition coefficient (Wildman–Crippen LogP) is 6.47. The van der Waals surface area contributed by atoms with Gasteiger partial charge in [-0.05, 0) is 93.6 Å². The summed E-state index contributed by atoms with van der Waals surface area (Å²) in [5, 5.41) is 21.1. The Hall–Kier alpha value is -9.17. The van der Waals surface area contributed by atoms with E-state index in [1.54, 1.807) is 30.9 Å². The van der Waals surface area contributed by atoms with Crippen molar-refractivity contribution < 1.29 is 33.7 Å². The minimum atomic E-state index is -0.540. The lowest BCUT2D eigenvalue weighted by molar-refractivity contribution is 0.0496. The van der Waals surface area contributed by atoms with Gasteiger partial charge in [-0.3, -0.25) is 10.6 Å². The number of imidazole rings is 2. The van der Waals surface area contributed by atoms with Gasteiger partial charge in [-0.15, -0.1) is 0 Å². The number of urea groups is 2. The number of amides is 5. The summed E-state index contributed by atoms with van der Waals surface area (Å²) < 4.78 is 16.3. The van der Waals surface area contributed by atoms with Crippen LogP contribution in [-0.2, 0) is 14.2 Å². The van der Waals surface area contributed by atoms with Crippen molar-refractivity contribution >= 4 is 86.2 Å². The number of anilines is 8. The van der Waals surface area contributed by atoms with Gasteiger partial charge in [0.05, 0.1) is 43.5 Å². The predicted molar refractivity (Wildman–Crippen MR) is 312 cm³/mol. The number of aliphatic hydroxyl groups is 1. The number of carbonyl (C=O) groups is 3. The van der Waals surface area contributed by atoms with E-state index in [-0.39, 0.29) is 18.1 Å². The molecule has 4 fully saturated rings. The molecule has 25 nitrogen and oxygen atoms in total.